The lowest BCUT2D eigenvalue weighted by Gasteiger charge is -2.37. The van der Waals surface area contributed by atoms with Crippen LogP contribution in [-0.2, 0) is 21.0 Å². The molecule has 0 aromatic heterocycles. The summed E-state index contributed by atoms with van der Waals surface area (Å²) in [6.45, 7) is 8.22. The molecule has 11 nitrogen and oxygen atoms in total. The zero-order chi connectivity index (χ0) is 25.9. The van der Waals surface area contributed by atoms with Crippen molar-refractivity contribution < 1.29 is 24.0 Å². The molecule has 2 atom stereocenters. The minimum absolute atomic E-state index is 0.0689. The Bertz CT molecular complexity index is 979. The van der Waals surface area contributed by atoms with Crippen LogP contribution in [0.4, 0.5) is 9.59 Å². The first-order chi connectivity index (χ1) is 17.1. The fourth-order valence-corrected chi connectivity index (χ4v) is 4.72. The quantitative estimate of drug-likeness (QED) is 0.460. The smallest absolute Gasteiger partial charge is 0.410 e. The first-order valence-electron chi connectivity index (χ1n) is 12.2. The lowest BCUT2D eigenvalue weighted by atomic mass is 10.0. The van der Waals surface area contributed by atoms with E-state index in [4.69, 9.17) is 21.8 Å². The van der Waals surface area contributed by atoms with Crippen LogP contribution in [0.1, 0.15) is 39.2 Å². The highest BCUT2D eigenvalue weighted by molar-refractivity contribution is 7.80. The van der Waals surface area contributed by atoms with Crippen LogP contribution >= 0.6 is 12.2 Å². The normalized spacial score (nSPS) is 21.9. The van der Waals surface area contributed by atoms with Crippen molar-refractivity contribution in [1.29, 1.82) is 0 Å². The highest BCUT2D eigenvalue weighted by Gasteiger charge is 2.48. The molecule has 3 saturated heterocycles. The summed E-state index contributed by atoms with van der Waals surface area (Å²) in [5.41, 5.74) is 5.89. The fraction of sp³-hybridized carbons (Fsp3) is 0.583. The molecule has 0 radical (unpaired) electrons. The number of rotatable bonds is 4. The topological polar surface area (TPSA) is 107 Å². The predicted octanol–water partition coefficient (Wildman–Crippen LogP) is 1.85. The number of hydrogen-bond acceptors (Lipinski definition) is 6. The Kier molecular flexibility index (Phi) is 7.84. The number of carbonyl (C=O) groups is 3. The number of carbonyl (C=O) groups excluding carboxylic acids is 3. The highest BCUT2D eigenvalue weighted by Crippen LogP contribution is 2.30. The molecule has 196 valence electrons. The van der Waals surface area contributed by atoms with Crippen LogP contribution in [0.25, 0.3) is 0 Å². The summed E-state index contributed by atoms with van der Waals surface area (Å²) < 4.78 is 5.42. The first kappa shape index (κ1) is 26.0. The number of hydroxylamine groups is 2. The van der Waals surface area contributed by atoms with Gasteiger partial charge in [0.2, 0.25) is 0 Å². The molecule has 4 amide bonds. The molecule has 0 unspecified atom stereocenters. The van der Waals surface area contributed by atoms with Crippen molar-refractivity contribution >= 4 is 35.4 Å². The minimum atomic E-state index is -0.599. The molecule has 12 heteroatoms. The summed E-state index contributed by atoms with van der Waals surface area (Å²) in [5.74, 6) is -0.318. The molecule has 3 aliphatic heterocycles. The summed E-state index contributed by atoms with van der Waals surface area (Å²) in [6.07, 6.45) is 0.866. The van der Waals surface area contributed by atoms with E-state index in [1.807, 2.05) is 56.0 Å². The summed E-state index contributed by atoms with van der Waals surface area (Å²) in [6, 6.07) is 8.69. The Labute approximate surface area is 216 Å². The summed E-state index contributed by atoms with van der Waals surface area (Å²) in [4.78, 5) is 49.0. The van der Waals surface area contributed by atoms with Gasteiger partial charge in [-0.3, -0.25) is 20.5 Å². The average Bonchev–Trinajstić information content (AvgIpc) is 3.09. The Hall–Kier alpha value is -3.12. The lowest BCUT2D eigenvalue weighted by molar-refractivity contribution is -0.140. The summed E-state index contributed by atoms with van der Waals surface area (Å²) >= 11 is 5.43. The third-order valence-corrected chi connectivity index (χ3v) is 6.71. The molecule has 0 spiro atoms. The Morgan fingerprint density at radius 2 is 1.69 bits per heavy atom. The van der Waals surface area contributed by atoms with Crippen LogP contribution in [0, 0.1) is 0 Å². The van der Waals surface area contributed by atoms with Crippen LogP contribution in [0.15, 0.2) is 30.3 Å². The molecule has 2 N–H and O–H groups in total. The second-order valence-electron chi connectivity index (χ2n) is 10.1. The van der Waals surface area contributed by atoms with E-state index in [-0.39, 0.29) is 24.1 Å². The number of amides is 4. The highest BCUT2D eigenvalue weighted by atomic mass is 32.1. The number of thiocarbonyl (C=S) groups is 1. The van der Waals surface area contributed by atoms with Crippen molar-refractivity contribution in [3.8, 4) is 0 Å². The Morgan fingerprint density at radius 3 is 2.36 bits per heavy atom. The number of hydrazine groups is 1. The van der Waals surface area contributed by atoms with Crippen LogP contribution in [0.2, 0.25) is 0 Å². The van der Waals surface area contributed by atoms with E-state index in [1.165, 1.54) is 5.06 Å². The number of piperidine rings is 1. The van der Waals surface area contributed by atoms with Crippen molar-refractivity contribution in [2.24, 2.45) is 0 Å². The van der Waals surface area contributed by atoms with Crippen LogP contribution in [-0.4, -0.2) is 93.3 Å². The van der Waals surface area contributed by atoms with E-state index in [0.29, 0.717) is 57.3 Å². The largest absolute Gasteiger partial charge is 0.444 e. The molecule has 0 aliphatic carbocycles. The van der Waals surface area contributed by atoms with E-state index in [0.717, 1.165) is 5.56 Å². The van der Waals surface area contributed by atoms with E-state index in [2.05, 4.69) is 10.9 Å². The molecule has 4 rings (SSSR count). The molecule has 2 bridgehead atoms. The molecule has 3 aliphatic rings. The van der Waals surface area contributed by atoms with Gasteiger partial charge < -0.3 is 19.4 Å². The third-order valence-electron chi connectivity index (χ3n) is 6.35. The third kappa shape index (κ3) is 6.16. The number of nitrogens with one attached hydrogen (secondary N) is 2. The molecule has 3 heterocycles. The Morgan fingerprint density at radius 1 is 1.03 bits per heavy atom. The molecular formula is C24H34N6O5S. The number of piperazine rings is 1. The van der Waals surface area contributed by atoms with Crippen molar-refractivity contribution in [2.45, 2.75) is 57.9 Å². The number of ether oxygens (including phenoxy) is 1. The molecule has 36 heavy (non-hydrogen) atoms. The maximum absolute atomic E-state index is 12.9. The number of benzene rings is 1. The van der Waals surface area contributed by atoms with E-state index >= 15 is 0 Å². The van der Waals surface area contributed by atoms with Gasteiger partial charge in [-0.25, -0.2) is 9.59 Å². The van der Waals surface area contributed by atoms with Crippen molar-refractivity contribution in [1.82, 2.24) is 30.6 Å². The van der Waals surface area contributed by atoms with Crippen LogP contribution in [0.3, 0.4) is 0 Å². The monoisotopic (exact) mass is 518 g/mol. The number of urea groups is 1. The van der Waals surface area contributed by atoms with E-state index in [9.17, 15) is 14.4 Å². The van der Waals surface area contributed by atoms with Gasteiger partial charge in [0, 0.05) is 32.7 Å². The summed E-state index contributed by atoms with van der Waals surface area (Å²) in [7, 11) is 0. The van der Waals surface area contributed by atoms with Crippen LogP contribution in [0.5, 0.6) is 0 Å². The van der Waals surface area contributed by atoms with Gasteiger partial charge >= 0.3 is 12.1 Å². The van der Waals surface area contributed by atoms with Gasteiger partial charge in [0.15, 0.2) is 5.11 Å². The van der Waals surface area contributed by atoms with Crippen molar-refractivity contribution in [3.63, 3.8) is 0 Å². The molecule has 0 saturated carbocycles. The predicted molar refractivity (Wildman–Crippen MR) is 135 cm³/mol. The van der Waals surface area contributed by atoms with Gasteiger partial charge in [0.05, 0.1) is 6.04 Å². The summed E-state index contributed by atoms with van der Waals surface area (Å²) in [5, 5.41) is 1.77. The van der Waals surface area contributed by atoms with Gasteiger partial charge in [0.1, 0.15) is 18.2 Å². The van der Waals surface area contributed by atoms with Crippen molar-refractivity contribution in [3.05, 3.63) is 35.9 Å². The molecule has 3 fully saturated rings. The average molecular weight is 519 g/mol. The molecular weight excluding hydrogens is 484 g/mol. The minimum Gasteiger partial charge on any atom is -0.444 e. The fourth-order valence-electron chi connectivity index (χ4n) is 4.48. The van der Waals surface area contributed by atoms with Gasteiger partial charge in [-0.1, -0.05) is 30.3 Å². The van der Waals surface area contributed by atoms with Gasteiger partial charge in [-0.05, 0) is 51.4 Å². The van der Waals surface area contributed by atoms with E-state index < -0.39 is 11.6 Å². The van der Waals surface area contributed by atoms with Crippen LogP contribution < -0.4 is 10.9 Å². The molecule has 1 aromatic carbocycles. The maximum atomic E-state index is 12.9. The van der Waals surface area contributed by atoms with Gasteiger partial charge in [-0.2, -0.15) is 5.06 Å². The zero-order valence-corrected chi connectivity index (χ0v) is 21.8. The SMILES string of the molecule is CC(C)(C)OC(=O)N1CCN(C(=S)NNC(=O)[C@@H]2CC[C@@H]3CN2C(=O)N3OCc2ccccc2)CC1. The lowest BCUT2D eigenvalue weighted by Crippen LogP contribution is -2.59. The Balaban J connectivity index is 1.22. The second-order valence-corrected chi connectivity index (χ2v) is 10.5. The molecule has 1 aromatic rings. The van der Waals surface area contributed by atoms with Gasteiger partial charge in [0.25, 0.3) is 5.91 Å². The van der Waals surface area contributed by atoms with E-state index in [1.54, 1.807) is 9.80 Å². The first-order valence-corrected chi connectivity index (χ1v) is 12.6. The maximum Gasteiger partial charge on any atom is 0.410 e. The standard InChI is InChI=1S/C24H34N6O5S/c1-24(2,3)35-23(33)28-13-11-27(12-14-28)21(36)26-25-20(31)19-10-9-18-15-29(19)22(32)30(18)34-16-17-7-5-4-6-8-17/h4-8,18-19H,9-16H2,1-3H3,(H,25,31)(H,26,36)/t18-,19+/m1/s1. The number of hydrogen-bond donors (Lipinski definition) is 2. The second kappa shape index (κ2) is 10.9. The number of nitrogens with zero attached hydrogens (tertiary/aromatic N) is 4. The number of fused-ring (bicyclic) bond motifs is 2. The zero-order valence-electron chi connectivity index (χ0n) is 20.9. The van der Waals surface area contributed by atoms with Gasteiger partial charge in [-0.15, -0.1) is 0 Å². The van der Waals surface area contributed by atoms with Crippen molar-refractivity contribution in [2.75, 3.05) is 32.7 Å².